The quantitative estimate of drug-likeness (QED) is 0.222. The average Bonchev–Trinajstić information content (AvgIpc) is 3.03. The van der Waals surface area contributed by atoms with Crippen LogP contribution < -0.4 is 5.32 Å². The molecule has 0 saturated heterocycles. The lowest BCUT2D eigenvalue weighted by molar-refractivity contribution is -0.138. The summed E-state index contributed by atoms with van der Waals surface area (Å²) in [7, 11) is 0. The molecule has 0 aliphatic carbocycles. The van der Waals surface area contributed by atoms with Gasteiger partial charge in [0.05, 0.1) is 22.5 Å². The Morgan fingerprint density at radius 2 is 1.71 bits per heavy atom. The molecule has 2 aromatic carbocycles. The van der Waals surface area contributed by atoms with Gasteiger partial charge in [-0.15, -0.1) is 0 Å². The smallest absolute Gasteiger partial charge is 0.321 e. The fraction of sp³-hybridized carbons (Fsp3) is 0.136. The molecule has 0 fully saturated rings. The number of hydrogen-bond donors (Lipinski definition) is 1. The van der Waals surface area contributed by atoms with Gasteiger partial charge in [0.1, 0.15) is 16.8 Å². The van der Waals surface area contributed by atoms with E-state index in [9.17, 15) is 36.4 Å². The van der Waals surface area contributed by atoms with Gasteiger partial charge in [-0.2, -0.15) is 36.7 Å². The monoisotopic (exact) mass is 532 g/mol. The second kappa shape index (κ2) is 9.64. The highest BCUT2D eigenvalue weighted by molar-refractivity contribution is 6.32. The van der Waals surface area contributed by atoms with Crippen LogP contribution in [-0.4, -0.2) is 15.7 Å². The van der Waals surface area contributed by atoms with E-state index in [2.05, 4.69) is 10.4 Å². The van der Waals surface area contributed by atoms with Crippen molar-refractivity contribution in [2.24, 2.45) is 0 Å². The number of carbonyl (C=O) groups excluding carboxylic acids is 1. The molecule has 0 aliphatic heterocycles. The van der Waals surface area contributed by atoms with Crippen LogP contribution in [0.1, 0.15) is 22.4 Å². The largest absolute Gasteiger partial charge is 0.416 e. The maximum absolute atomic E-state index is 13.0. The van der Waals surface area contributed by atoms with Crippen molar-refractivity contribution in [3.63, 3.8) is 0 Å². The molecule has 1 heterocycles. The number of benzene rings is 2. The van der Waals surface area contributed by atoms with Crippen LogP contribution in [0.5, 0.6) is 0 Å². The molecular formula is C22H12Cl2F6N4O. The molecule has 0 aliphatic rings. The number of rotatable bonds is 4. The zero-order valence-electron chi connectivity index (χ0n) is 17.4. The summed E-state index contributed by atoms with van der Waals surface area (Å²) in [6.07, 6.45) is -8.30. The molecule has 13 heteroatoms. The summed E-state index contributed by atoms with van der Waals surface area (Å²) in [5.74, 6) is -1.06. The van der Waals surface area contributed by atoms with Gasteiger partial charge in [-0.05, 0) is 49.4 Å². The Labute approximate surface area is 204 Å². The van der Waals surface area contributed by atoms with Crippen LogP contribution in [0.15, 0.2) is 48.0 Å². The normalized spacial score (nSPS) is 12.4. The van der Waals surface area contributed by atoms with Crippen LogP contribution in [0.4, 0.5) is 32.0 Å². The van der Waals surface area contributed by atoms with Gasteiger partial charge in [0.25, 0.3) is 5.91 Å². The first-order valence-corrected chi connectivity index (χ1v) is 10.2. The van der Waals surface area contributed by atoms with E-state index in [4.69, 9.17) is 23.2 Å². The van der Waals surface area contributed by atoms with Gasteiger partial charge in [-0.1, -0.05) is 29.3 Å². The molecule has 0 saturated carbocycles. The van der Waals surface area contributed by atoms with Crippen molar-refractivity contribution in [2.75, 3.05) is 5.32 Å². The predicted octanol–water partition coefficient (Wildman–Crippen LogP) is 7.07. The number of nitriles is 1. The minimum absolute atomic E-state index is 0.0193. The van der Waals surface area contributed by atoms with Crippen LogP contribution in [0.2, 0.25) is 10.2 Å². The summed E-state index contributed by atoms with van der Waals surface area (Å²) in [5.41, 5.74) is -2.69. The van der Waals surface area contributed by atoms with Crippen molar-refractivity contribution in [1.29, 1.82) is 5.26 Å². The Kier molecular flexibility index (Phi) is 7.19. The number of aryl methyl sites for hydroxylation is 1. The van der Waals surface area contributed by atoms with Gasteiger partial charge >= 0.3 is 12.4 Å². The van der Waals surface area contributed by atoms with Gasteiger partial charge in [0, 0.05) is 16.3 Å². The van der Waals surface area contributed by atoms with Gasteiger partial charge in [-0.3, -0.25) is 4.79 Å². The predicted molar refractivity (Wildman–Crippen MR) is 117 cm³/mol. The maximum atomic E-state index is 13.0. The van der Waals surface area contributed by atoms with E-state index in [1.165, 1.54) is 13.0 Å². The van der Waals surface area contributed by atoms with E-state index < -0.39 is 35.0 Å². The zero-order valence-corrected chi connectivity index (χ0v) is 18.9. The lowest BCUT2D eigenvalue weighted by Gasteiger charge is -2.11. The number of hydrogen-bond acceptors (Lipinski definition) is 3. The summed E-state index contributed by atoms with van der Waals surface area (Å²) in [5, 5.41) is 15.2. The highest BCUT2D eigenvalue weighted by atomic mass is 35.5. The Morgan fingerprint density at radius 1 is 1.06 bits per heavy atom. The fourth-order valence-corrected chi connectivity index (χ4v) is 3.54. The molecule has 1 aromatic heterocycles. The van der Waals surface area contributed by atoms with Crippen molar-refractivity contribution in [3.8, 4) is 11.8 Å². The molecule has 0 atom stereocenters. The topological polar surface area (TPSA) is 70.7 Å². The van der Waals surface area contributed by atoms with Crippen molar-refractivity contribution in [2.45, 2.75) is 19.3 Å². The van der Waals surface area contributed by atoms with Crippen molar-refractivity contribution in [1.82, 2.24) is 9.78 Å². The molecule has 0 unspecified atom stereocenters. The maximum Gasteiger partial charge on any atom is 0.416 e. The van der Waals surface area contributed by atoms with Crippen LogP contribution >= 0.6 is 23.2 Å². The van der Waals surface area contributed by atoms with Gasteiger partial charge in [0.15, 0.2) is 0 Å². The standard InChI is InChI=1S/C22H12Cl2F6N4O/c1-11-18(19(24)34(33-11)17-4-2-3-13(8-17)21(25,26)27)5-12(10-31)20(35)32-16-7-14(22(28,29)30)6-15(23)9-16/h2-9H,1H3,(H,32,35)/b12-5+. The molecule has 5 nitrogen and oxygen atoms in total. The molecule has 35 heavy (non-hydrogen) atoms. The second-order valence-electron chi connectivity index (χ2n) is 7.10. The molecule has 0 radical (unpaired) electrons. The van der Waals surface area contributed by atoms with E-state index in [1.54, 1.807) is 6.07 Å². The Morgan fingerprint density at radius 3 is 2.31 bits per heavy atom. The molecule has 3 aromatic rings. The molecule has 3 rings (SSSR count). The minimum atomic E-state index is -4.72. The van der Waals surface area contributed by atoms with Gasteiger partial charge < -0.3 is 5.32 Å². The first-order valence-electron chi connectivity index (χ1n) is 9.44. The number of halogens is 8. The van der Waals surface area contributed by atoms with E-state index in [1.807, 2.05) is 0 Å². The molecule has 1 amide bonds. The average molecular weight is 533 g/mol. The first-order chi connectivity index (χ1) is 16.2. The van der Waals surface area contributed by atoms with E-state index >= 15 is 0 Å². The number of anilines is 1. The Hall–Kier alpha value is -3.49. The SMILES string of the molecule is Cc1nn(-c2cccc(C(F)(F)F)c2)c(Cl)c1/C=C(\C#N)C(=O)Nc1cc(Cl)cc(C(F)(F)F)c1. The Balaban J connectivity index is 1.96. The number of amides is 1. The number of aromatic nitrogens is 2. The van der Waals surface area contributed by atoms with Crippen LogP contribution in [0.3, 0.4) is 0 Å². The van der Waals surface area contributed by atoms with Crippen molar-refractivity contribution < 1.29 is 31.1 Å². The number of nitrogens with one attached hydrogen (secondary N) is 1. The number of alkyl halides is 6. The van der Waals surface area contributed by atoms with Gasteiger partial charge in [0.2, 0.25) is 0 Å². The van der Waals surface area contributed by atoms with Crippen LogP contribution in [0.25, 0.3) is 11.8 Å². The molecule has 182 valence electrons. The van der Waals surface area contributed by atoms with E-state index in [-0.39, 0.29) is 32.8 Å². The summed E-state index contributed by atoms with van der Waals surface area (Å²) in [6, 6.07) is 8.17. The van der Waals surface area contributed by atoms with Crippen molar-refractivity contribution >= 4 is 40.9 Å². The lowest BCUT2D eigenvalue weighted by atomic mass is 10.1. The fourth-order valence-electron chi connectivity index (χ4n) is 2.98. The molecular weight excluding hydrogens is 521 g/mol. The van der Waals surface area contributed by atoms with Crippen molar-refractivity contribution in [3.05, 3.63) is 80.6 Å². The van der Waals surface area contributed by atoms with Crippen LogP contribution in [-0.2, 0) is 17.1 Å². The third-order valence-electron chi connectivity index (χ3n) is 4.60. The summed E-state index contributed by atoms with van der Waals surface area (Å²) in [6.45, 7) is 1.45. The molecule has 0 bridgehead atoms. The third-order valence-corrected chi connectivity index (χ3v) is 5.18. The lowest BCUT2D eigenvalue weighted by Crippen LogP contribution is -2.14. The summed E-state index contributed by atoms with van der Waals surface area (Å²) in [4.78, 5) is 12.6. The minimum Gasteiger partial charge on any atom is -0.321 e. The second-order valence-corrected chi connectivity index (χ2v) is 7.89. The van der Waals surface area contributed by atoms with Gasteiger partial charge in [-0.25, -0.2) is 4.68 Å². The van der Waals surface area contributed by atoms with E-state index in [0.717, 1.165) is 35.0 Å². The molecule has 0 spiro atoms. The highest BCUT2D eigenvalue weighted by Crippen LogP contribution is 2.34. The number of carbonyl (C=O) groups is 1. The van der Waals surface area contributed by atoms with Crippen LogP contribution in [0, 0.1) is 18.3 Å². The summed E-state index contributed by atoms with van der Waals surface area (Å²) >= 11 is 12.0. The highest BCUT2D eigenvalue weighted by Gasteiger charge is 2.32. The first kappa shape index (κ1) is 26.1. The molecule has 1 N–H and O–H groups in total. The zero-order chi connectivity index (χ0) is 26.1. The Bertz CT molecular complexity index is 1370. The third kappa shape index (κ3) is 5.96. The summed E-state index contributed by atoms with van der Waals surface area (Å²) < 4.78 is 79.1. The number of nitrogens with zero attached hydrogens (tertiary/aromatic N) is 3. The van der Waals surface area contributed by atoms with E-state index in [0.29, 0.717) is 12.1 Å².